The molecule has 0 aliphatic carbocycles. The molecule has 1 aromatic carbocycles. The van der Waals surface area contributed by atoms with Crippen molar-refractivity contribution in [3.63, 3.8) is 0 Å². The molecule has 0 aliphatic heterocycles. The number of rotatable bonds is 5. The number of nitrogens with one attached hydrogen (secondary N) is 3. The minimum atomic E-state index is -1.69. The van der Waals surface area contributed by atoms with Gasteiger partial charge in [0, 0.05) is 12.4 Å². The average molecular weight is 352 g/mol. The summed E-state index contributed by atoms with van der Waals surface area (Å²) in [5, 5.41) is 6.93. The van der Waals surface area contributed by atoms with E-state index in [2.05, 4.69) is 15.6 Å². The summed E-state index contributed by atoms with van der Waals surface area (Å²) in [5.74, 6) is -5.35. The number of benzene rings is 1. The van der Waals surface area contributed by atoms with Gasteiger partial charge in [-0.05, 0) is 36.8 Å². The molecule has 3 amide bonds. The highest BCUT2D eigenvalue weighted by Gasteiger charge is 2.16. The zero-order valence-corrected chi connectivity index (χ0v) is 13.1. The summed E-state index contributed by atoms with van der Waals surface area (Å²) in [6, 6.07) is 4.08. The maximum atomic E-state index is 13.4. The molecule has 1 atom stereocenters. The monoisotopic (exact) mass is 352 g/mol. The van der Waals surface area contributed by atoms with Gasteiger partial charge in [-0.15, -0.1) is 0 Å². The molecule has 2 aromatic rings. The molecule has 0 saturated heterocycles. The Hall–Kier alpha value is -3.10. The lowest BCUT2D eigenvalue weighted by atomic mass is 10.1. The predicted molar refractivity (Wildman–Crippen MR) is 84.1 cm³/mol. The Kier molecular flexibility index (Phi) is 5.93. The van der Waals surface area contributed by atoms with Crippen LogP contribution in [0.5, 0.6) is 0 Å². The van der Waals surface area contributed by atoms with Gasteiger partial charge >= 0.3 is 6.03 Å². The van der Waals surface area contributed by atoms with Crippen molar-refractivity contribution < 1.29 is 22.8 Å². The van der Waals surface area contributed by atoms with Crippen molar-refractivity contribution in [3.8, 4) is 0 Å². The van der Waals surface area contributed by atoms with Gasteiger partial charge in [-0.2, -0.15) is 0 Å². The molecule has 6 nitrogen and oxygen atoms in total. The van der Waals surface area contributed by atoms with Crippen LogP contribution in [0, 0.1) is 17.5 Å². The van der Waals surface area contributed by atoms with E-state index in [9.17, 15) is 22.8 Å². The van der Waals surface area contributed by atoms with Gasteiger partial charge in [0.1, 0.15) is 0 Å². The molecule has 0 radical (unpaired) electrons. The normalized spacial score (nSPS) is 11.5. The first-order chi connectivity index (χ1) is 11.9. The first-order valence-electron chi connectivity index (χ1n) is 7.26. The summed E-state index contributed by atoms with van der Waals surface area (Å²) in [5.41, 5.74) is 0.301. The highest BCUT2D eigenvalue weighted by molar-refractivity contribution is 5.94. The number of hydrogen-bond donors (Lipinski definition) is 3. The third kappa shape index (κ3) is 4.93. The number of urea groups is 1. The van der Waals surface area contributed by atoms with E-state index in [0.29, 0.717) is 6.07 Å². The van der Waals surface area contributed by atoms with Gasteiger partial charge in [0.15, 0.2) is 17.5 Å². The highest BCUT2D eigenvalue weighted by atomic mass is 19.2. The average Bonchev–Trinajstić information content (AvgIpc) is 2.61. The molecule has 25 heavy (non-hydrogen) atoms. The molecule has 1 heterocycles. The Morgan fingerprint density at radius 1 is 1.08 bits per heavy atom. The summed E-state index contributed by atoms with van der Waals surface area (Å²) in [6.45, 7) is 1.26. The Balaban J connectivity index is 1.84. The van der Waals surface area contributed by atoms with Gasteiger partial charge in [0.2, 0.25) is 5.91 Å². The largest absolute Gasteiger partial charge is 0.332 e. The molecule has 0 spiro atoms. The van der Waals surface area contributed by atoms with Gasteiger partial charge in [0.05, 0.1) is 18.3 Å². The van der Waals surface area contributed by atoms with Gasteiger partial charge in [-0.3, -0.25) is 9.78 Å². The van der Waals surface area contributed by atoms with Crippen LogP contribution < -0.4 is 16.0 Å². The third-order valence-corrected chi connectivity index (χ3v) is 3.27. The molecule has 1 aromatic heterocycles. The summed E-state index contributed by atoms with van der Waals surface area (Å²) in [7, 11) is 0. The van der Waals surface area contributed by atoms with Crippen LogP contribution in [0.2, 0.25) is 0 Å². The first-order valence-corrected chi connectivity index (χ1v) is 7.26. The van der Waals surface area contributed by atoms with E-state index in [1.807, 2.05) is 5.32 Å². The standard InChI is InChI=1S/C16H15F3N4O2/c1-9(10-4-6-20-7-5-10)22-16(25)21-8-13(24)23-12-3-2-11(17)14(18)15(12)19/h2-7,9H,8H2,1H3,(H,23,24)(H2,21,22,25). The molecule has 1 unspecified atom stereocenters. The van der Waals surface area contributed by atoms with E-state index in [1.54, 1.807) is 31.5 Å². The number of hydrogen-bond acceptors (Lipinski definition) is 3. The summed E-state index contributed by atoms with van der Waals surface area (Å²) >= 11 is 0. The van der Waals surface area contributed by atoms with Crippen molar-refractivity contribution in [2.75, 3.05) is 11.9 Å². The number of anilines is 1. The van der Waals surface area contributed by atoms with E-state index in [-0.39, 0.29) is 6.04 Å². The number of pyridine rings is 1. The molecule has 0 aliphatic rings. The van der Waals surface area contributed by atoms with Crippen LogP contribution in [0.1, 0.15) is 18.5 Å². The topological polar surface area (TPSA) is 83.1 Å². The number of halogens is 3. The van der Waals surface area contributed by atoms with Crippen LogP contribution in [-0.4, -0.2) is 23.5 Å². The van der Waals surface area contributed by atoms with Crippen LogP contribution in [0.15, 0.2) is 36.7 Å². The lowest BCUT2D eigenvalue weighted by molar-refractivity contribution is -0.115. The smallest absolute Gasteiger partial charge is 0.315 e. The number of nitrogens with zero attached hydrogens (tertiary/aromatic N) is 1. The van der Waals surface area contributed by atoms with E-state index < -0.39 is 41.6 Å². The second-order valence-corrected chi connectivity index (χ2v) is 5.10. The van der Waals surface area contributed by atoms with Crippen molar-refractivity contribution in [2.45, 2.75) is 13.0 Å². The fraction of sp³-hybridized carbons (Fsp3) is 0.188. The predicted octanol–water partition coefficient (Wildman–Crippen LogP) is 2.50. The Labute approximate surface area is 141 Å². The lowest BCUT2D eigenvalue weighted by Gasteiger charge is -2.15. The number of aromatic nitrogens is 1. The minimum absolute atomic E-state index is 0.324. The Bertz CT molecular complexity index is 771. The van der Waals surface area contributed by atoms with Crippen molar-refractivity contribution in [2.24, 2.45) is 0 Å². The summed E-state index contributed by atoms with van der Waals surface area (Å²) in [6.07, 6.45) is 3.16. The highest BCUT2D eigenvalue weighted by Crippen LogP contribution is 2.19. The molecule has 2 rings (SSSR count). The van der Waals surface area contributed by atoms with Crippen LogP contribution in [-0.2, 0) is 4.79 Å². The quantitative estimate of drug-likeness (QED) is 0.723. The Morgan fingerprint density at radius 2 is 1.76 bits per heavy atom. The number of amides is 3. The lowest BCUT2D eigenvalue weighted by Crippen LogP contribution is -2.41. The van der Waals surface area contributed by atoms with E-state index in [1.165, 1.54) is 0 Å². The zero-order valence-electron chi connectivity index (χ0n) is 13.1. The number of carbonyl (C=O) groups is 2. The van der Waals surface area contributed by atoms with Gasteiger partial charge in [-0.25, -0.2) is 18.0 Å². The van der Waals surface area contributed by atoms with Gasteiger partial charge in [-0.1, -0.05) is 0 Å². The molecule has 0 fully saturated rings. The van der Waals surface area contributed by atoms with Crippen molar-refractivity contribution >= 4 is 17.6 Å². The SMILES string of the molecule is CC(NC(=O)NCC(=O)Nc1ccc(F)c(F)c1F)c1ccncc1. The minimum Gasteiger partial charge on any atom is -0.332 e. The second kappa shape index (κ2) is 8.13. The second-order valence-electron chi connectivity index (χ2n) is 5.10. The molecule has 132 valence electrons. The fourth-order valence-electron chi connectivity index (χ4n) is 1.96. The molecule has 3 N–H and O–H groups in total. The van der Waals surface area contributed by atoms with Gasteiger partial charge in [0.25, 0.3) is 0 Å². The van der Waals surface area contributed by atoms with E-state index in [4.69, 9.17) is 0 Å². The molecule has 9 heteroatoms. The molecular weight excluding hydrogens is 337 g/mol. The van der Waals surface area contributed by atoms with Crippen LogP contribution in [0.25, 0.3) is 0 Å². The summed E-state index contributed by atoms with van der Waals surface area (Å²) in [4.78, 5) is 27.3. The molecule has 0 saturated carbocycles. The van der Waals surface area contributed by atoms with Crippen molar-refractivity contribution in [3.05, 3.63) is 59.7 Å². The Morgan fingerprint density at radius 3 is 2.44 bits per heavy atom. The maximum Gasteiger partial charge on any atom is 0.315 e. The van der Waals surface area contributed by atoms with E-state index in [0.717, 1.165) is 11.6 Å². The maximum absolute atomic E-state index is 13.4. The van der Waals surface area contributed by atoms with Crippen molar-refractivity contribution in [1.29, 1.82) is 0 Å². The van der Waals surface area contributed by atoms with Gasteiger partial charge < -0.3 is 16.0 Å². The number of carbonyl (C=O) groups excluding carboxylic acids is 2. The van der Waals surface area contributed by atoms with Crippen LogP contribution >= 0.6 is 0 Å². The van der Waals surface area contributed by atoms with Crippen molar-refractivity contribution in [1.82, 2.24) is 15.6 Å². The van der Waals surface area contributed by atoms with Crippen LogP contribution in [0.4, 0.5) is 23.7 Å². The third-order valence-electron chi connectivity index (χ3n) is 3.27. The fourth-order valence-corrected chi connectivity index (χ4v) is 1.96. The first kappa shape index (κ1) is 18.2. The molecule has 0 bridgehead atoms. The van der Waals surface area contributed by atoms with E-state index >= 15 is 0 Å². The summed E-state index contributed by atoms with van der Waals surface area (Å²) < 4.78 is 39.3. The van der Waals surface area contributed by atoms with Crippen LogP contribution in [0.3, 0.4) is 0 Å². The zero-order chi connectivity index (χ0) is 18.4. The molecular formula is C16H15F3N4O2.